The number of azide groups is 1. The normalized spacial score (nSPS) is 10.4. The highest BCUT2D eigenvalue weighted by Gasteiger charge is 2.07. The lowest BCUT2D eigenvalue weighted by molar-refractivity contribution is -0.174. The molecule has 0 spiro atoms. The molecule has 2 rings (SSSR count). The first-order valence-electron chi connectivity index (χ1n) is 7.35. The van der Waals surface area contributed by atoms with E-state index in [9.17, 15) is 0 Å². The van der Waals surface area contributed by atoms with Gasteiger partial charge < -0.3 is 0 Å². The summed E-state index contributed by atoms with van der Waals surface area (Å²) in [6, 6.07) is 20.5. The summed E-state index contributed by atoms with van der Waals surface area (Å²) in [6.45, 7) is 2.44. The highest BCUT2D eigenvalue weighted by atomic mass is 16.7. The second-order valence-electron chi connectivity index (χ2n) is 4.91. The minimum absolute atomic E-state index is 0.459. The summed E-state index contributed by atoms with van der Waals surface area (Å²) in [6.07, 6.45) is 0.712. The average Bonchev–Trinajstić information content (AvgIpc) is 2.56. The Morgan fingerprint density at radius 1 is 0.909 bits per heavy atom. The van der Waals surface area contributed by atoms with Gasteiger partial charge in [0.05, 0.1) is 6.61 Å². The predicted molar refractivity (Wildman–Crippen MR) is 86.7 cm³/mol. The zero-order valence-electron chi connectivity index (χ0n) is 12.5. The van der Waals surface area contributed by atoms with E-state index in [2.05, 4.69) is 34.3 Å². The molecule has 0 saturated carbocycles. The van der Waals surface area contributed by atoms with Crippen LogP contribution in [0.4, 0.5) is 0 Å². The maximum atomic E-state index is 8.27. The fourth-order valence-electron chi connectivity index (χ4n) is 2.09. The fourth-order valence-corrected chi connectivity index (χ4v) is 2.09. The van der Waals surface area contributed by atoms with E-state index in [-0.39, 0.29) is 0 Å². The molecule has 5 nitrogen and oxygen atoms in total. The maximum Gasteiger partial charge on any atom is 0.0686 e. The van der Waals surface area contributed by atoms with E-state index in [1.165, 1.54) is 11.1 Å². The average molecular weight is 296 g/mol. The summed E-state index contributed by atoms with van der Waals surface area (Å²) in [5.41, 5.74) is 10.7. The Morgan fingerprint density at radius 2 is 1.45 bits per heavy atom. The van der Waals surface area contributed by atoms with Crippen molar-refractivity contribution in [2.75, 3.05) is 13.2 Å². The van der Waals surface area contributed by atoms with E-state index in [0.717, 1.165) is 13.1 Å². The number of nitrogens with zero attached hydrogens (tertiary/aromatic N) is 4. The molecular weight excluding hydrogens is 276 g/mol. The van der Waals surface area contributed by atoms with Crippen LogP contribution in [0, 0.1) is 0 Å². The Labute approximate surface area is 130 Å². The van der Waals surface area contributed by atoms with Gasteiger partial charge in [0.2, 0.25) is 0 Å². The highest BCUT2D eigenvalue weighted by molar-refractivity contribution is 5.16. The quantitative estimate of drug-likeness (QED) is 0.227. The predicted octanol–water partition coefficient (Wildman–Crippen LogP) is 4.32. The van der Waals surface area contributed by atoms with Crippen LogP contribution in [0.5, 0.6) is 0 Å². The van der Waals surface area contributed by atoms with E-state index < -0.39 is 0 Å². The molecule has 0 fully saturated rings. The molecule has 0 radical (unpaired) electrons. The van der Waals surface area contributed by atoms with E-state index in [4.69, 9.17) is 10.4 Å². The summed E-state index contributed by atoms with van der Waals surface area (Å²) < 4.78 is 0. The fraction of sp³-hybridized carbons (Fsp3) is 0.294. The molecule has 2 aromatic rings. The Kier molecular flexibility index (Phi) is 6.99. The van der Waals surface area contributed by atoms with Gasteiger partial charge in [-0.2, -0.15) is 5.06 Å². The van der Waals surface area contributed by atoms with Crippen LogP contribution >= 0.6 is 0 Å². The zero-order valence-corrected chi connectivity index (χ0v) is 12.5. The molecule has 0 amide bonds. The van der Waals surface area contributed by atoms with Crippen molar-refractivity contribution in [3.63, 3.8) is 0 Å². The van der Waals surface area contributed by atoms with Crippen LogP contribution in [0.25, 0.3) is 10.4 Å². The highest BCUT2D eigenvalue weighted by Crippen LogP contribution is 2.10. The third kappa shape index (κ3) is 5.97. The first-order valence-corrected chi connectivity index (χ1v) is 7.35. The van der Waals surface area contributed by atoms with Crippen molar-refractivity contribution in [3.05, 3.63) is 82.2 Å². The lowest BCUT2D eigenvalue weighted by Crippen LogP contribution is -2.24. The Bertz CT molecular complexity index is 541. The lowest BCUT2D eigenvalue weighted by atomic mass is 10.2. The van der Waals surface area contributed by atoms with Gasteiger partial charge in [-0.3, -0.25) is 4.84 Å². The van der Waals surface area contributed by atoms with Crippen LogP contribution in [0.2, 0.25) is 0 Å². The van der Waals surface area contributed by atoms with Gasteiger partial charge in [0.25, 0.3) is 0 Å². The molecule has 0 aliphatic rings. The third-order valence-corrected chi connectivity index (χ3v) is 3.14. The van der Waals surface area contributed by atoms with Crippen molar-refractivity contribution in [2.24, 2.45) is 5.11 Å². The maximum absolute atomic E-state index is 8.27. The topological polar surface area (TPSA) is 61.2 Å². The van der Waals surface area contributed by atoms with E-state index >= 15 is 0 Å². The van der Waals surface area contributed by atoms with Crippen molar-refractivity contribution in [1.29, 1.82) is 0 Å². The SMILES string of the molecule is [N-]=[N+]=NCCCON(Cc1ccccc1)Cc1ccccc1. The second-order valence-corrected chi connectivity index (χ2v) is 4.91. The van der Waals surface area contributed by atoms with Crippen LogP contribution < -0.4 is 0 Å². The molecule has 22 heavy (non-hydrogen) atoms. The van der Waals surface area contributed by atoms with Crippen LogP contribution in [0.3, 0.4) is 0 Å². The molecule has 114 valence electrons. The molecule has 0 bridgehead atoms. The van der Waals surface area contributed by atoms with Gasteiger partial charge >= 0.3 is 0 Å². The van der Waals surface area contributed by atoms with Crippen LogP contribution in [0.1, 0.15) is 17.5 Å². The summed E-state index contributed by atoms with van der Waals surface area (Å²) >= 11 is 0. The molecule has 0 aliphatic carbocycles. The molecular formula is C17H20N4O. The Balaban J connectivity index is 1.92. The van der Waals surface area contributed by atoms with Gasteiger partial charge in [0, 0.05) is 24.5 Å². The van der Waals surface area contributed by atoms with Crippen molar-refractivity contribution in [3.8, 4) is 0 Å². The largest absolute Gasteiger partial charge is 0.298 e. The van der Waals surface area contributed by atoms with Gasteiger partial charge in [-0.15, -0.1) is 0 Å². The monoisotopic (exact) mass is 296 g/mol. The molecule has 0 saturated heterocycles. The molecule has 2 aromatic carbocycles. The van der Waals surface area contributed by atoms with E-state index in [1.807, 2.05) is 41.5 Å². The summed E-state index contributed by atoms with van der Waals surface area (Å²) in [5.74, 6) is 0. The smallest absolute Gasteiger partial charge is 0.0686 e. The lowest BCUT2D eigenvalue weighted by Gasteiger charge is -2.22. The molecule has 0 atom stereocenters. The standard InChI is InChI=1S/C17H20N4O/c18-20-19-12-7-13-22-21(14-16-8-3-1-4-9-16)15-17-10-5-2-6-11-17/h1-6,8-11H,7,12-15H2. The van der Waals surface area contributed by atoms with Crippen LogP contribution in [-0.2, 0) is 17.9 Å². The van der Waals surface area contributed by atoms with Gasteiger partial charge in [-0.25, -0.2) is 0 Å². The van der Waals surface area contributed by atoms with Crippen molar-refractivity contribution in [1.82, 2.24) is 5.06 Å². The molecule has 0 unspecified atom stereocenters. The van der Waals surface area contributed by atoms with E-state index in [1.54, 1.807) is 0 Å². The number of hydrogen-bond acceptors (Lipinski definition) is 3. The number of hydrogen-bond donors (Lipinski definition) is 0. The number of rotatable bonds is 9. The van der Waals surface area contributed by atoms with Gasteiger partial charge in [-0.05, 0) is 23.1 Å². The van der Waals surface area contributed by atoms with Crippen LogP contribution in [-0.4, -0.2) is 18.2 Å². The van der Waals surface area contributed by atoms with Gasteiger partial charge in [0.1, 0.15) is 0 Å². The molecule has 0 N–H and O–H groups in total. The molecule has 0 aliphatic heterocycles. The summed E-state index contributed by atoms with van der Waals surface area (Å²) in [7, 11) is 0. The molecule has 0 heterocycles. The minimum Gasteiger partial charge on any atom is -0.298 e. The second kappa shape index (κ2) is 9.58. The minimum atomic E-state index is 0.459. The summed E-state index contributed by atoms with van der Waals surface area (Å²) in [5, 5.41) is 5.46. The third-order valence-electron chi connectivity index (χ3n) is 3.14. The summed E-state index contributed by atoms with van der Waals surface area (Å²) in [4.78, 5) is 8.59. The van der Waals surface area contributed by atoms with E-state index in [0.29, 0.717) is 19.6 Å². The van der Waals surface area contributed by atoms with Gasteiger partial charge in [0.15, 0.2) is 0 Å². The Morgan fingerprint density at radius 3 is 1.95 bits per heavy atom. The van der Waals surface area contributed by atoms with Crippen LogP contribution in [0.15, 0.2) is 65.8 Å². The molecule has 0 aromatic heterocycles. The number of hydroxylamine groups is 2. The molecule has 5 heteroatoms. The zero-order chi connectivity index (χ0) is 15.5. The van der Waals surface area contributed by atoms with Crippen molar-refractivity contribution < 1.29 is 4.84 Å². The van der Waals surface area contributed by atoms with Crippen molar-refractivity contribution in [2.45, 2.75) is 19.5 Å². The van der Waals surface area contributed by atoms with Crippen molar-refractivity contribution >= 4 is 0 Å². The Hall–Kier alpha value is -2.33. The van der Waals surface area contributed by atoms with Gasteiger partial charge in [-0.1, -0.05) is 65.8 Å². The first kappa shape index (κ1) is 16.0. The first-order chi connectivity index (χ1) is 10.9. The number of benzene rings is 2.